The Hall–Kier alpha value is -2.58. The molecule has 0 saturated carbocycles. The van der Waals surface area contributed by atoms with E-state index in [1.807, 2.05) is 18.2 Å². The van der Waals surface area contributed by atoms with Crippen molar-refractivity contribution < 1.29 is 22.7 Å². The number of nitrogens with zero attached hydrogens (tertiary/aromatic N) is 2. The summed E-state index contributed by atoms with van der Waals surface area (Å²) in [7, 11) is -0.400. The van der Waals surface area contributed by atoms with Gasteiger partial charge in [0.15, 0.2) is 0 Å². The summed E-state index contributed by atoms with van der Waals surface area (Å²) in [5.41, 5.74) is 2.69. The highest BCUT2D eigenvalue weighted by molar-refractivity contribution is 7.89. The first-order chi connectivity index (χ1) is 14.8. The molecule has 0 radical (unpaired) electrons. The molecule has 8 heteroatoms. The van der Waals surface area contributed by atoms with Gasteiger partial charge in [0.1, 0.15) is 11.5 Å². The number of sulfonamides is 1. The first kappa shape index (κ1) is 21.6. The number of anilines is 1. The lowest BCUT2D eigenvalue weighted by Crippen LogP contribution is -2.34. The van der Waals surface area contributed by atoms with Gasteiger partial charge >= 0.3 is 0 Å². The average molecular weight is 445 g/mol. The van der Waals surface area contributed by atoms with Crippen molar-refractivity contribution in [3.05, 3.63) is 47.5 Å². The van der Waals surface area contributed by atoms with E-state index in [1.54, 1.807) is 41.6 Å². The van der Waals surface area contributed by atoms with Gasteiger partial charge in [0.05, 0.1) is 19.1 Å². The van der Waals surface area contributed by atoms with Crippen LogP contribution in [0.4, 0.5) is 5.69 Å². The number of carbonyl (C=O) groups excluding carboxylic acids is 1. The Kier molecular flexibility index (Phi) is 5.94. The van der Waals surface area contributed by atoms with E-state index < -0.39 is 10.0 Å². The molecule has 0 bridgehead atoms. The third-order valence-corrected chi connectivity index (χ3v) is 8.08. The second-order valence-electron chi connectivity index (χ2n) is 8.02. The van der Waals surface area contributed by atoms with E-state index in [0.29, 0.717) is 26.1 Å². The molecule has 1 atom stereocenters. The number of benzene rings is 2. The van der Waals surface area contributed by atoms with Crippen molar-refractivity contribution in [2.75, 3.05) is 38.8 Å². The Balaban J connectivity index is 1.59. The van der Waals surface area contributed by atoms with Gasteiger partial charge in [-0.3, -0.25) is 4.79 Å². The zero-order valence-corrected chi connectivity index (χ0v) is 18.9. The number of amides is 1. The maximum atomic E-state index is 13.4. The van der Waals surface area contributed by atoms with Crippen LogP contribution in [0.1, 0.15) is 36.8 Å². The molecule has 31 heavy (non-hydrogen) atoms. The number of carbonyl (C=O) groups is 1. The van der Waals surface area contributed by atoms with Gasteiger partial charge in [-0.05, 0) is 61.2 Å². The monoisotopic (exact) mass is 444 g/mol. The fourth-order valence-electron chi connectivity index (χ4n) is 4.57. The van der Waals surface area contributed by atoms with Crippen LogP contribution >= 0.6 is 0 Å². The van der Waals surface area contributed by atoms with Gasteiger partial charge in [0.2, 0.25) is 15.9 Å². The predicted octanol–water partition coefficient (Wildman–Crippen LogP) is 3.18. The lowest BCUT2D eigenvalue weighted by atomic mass is 9.97. The van der Waals surface area contributed by atoms with E-state index in [4.69, 9.17) is 9.47 Å². The van der Waals surface area contributed by atoms with Crippen molar-refractivity contribution in [2.24, 2.45) is 0 Å². The second kappa shape index (κ2) is 8.51. The molecular weight excluding hydrogens is 416 g/mol. The van der Waals surface area contributed by atoms with Crippen LogP contribution in [0.3, 0.4) is 0 Å². The minimum atomic E-state index is -3.63. The first-order valence-corrected chi connectivity index (χ1v) is 11.9. The number of rotatable bonds is 5. The van der Waals surface area contributed by atoms with E-state index in [1.165, 1.54) is 6.92 Å². The summed E-state index contributed by atoms with van der Waals surface area (Å²) in [5.74, 6) is 1.47. The number of aryl methyl sites for hydroxylation is 1. The standard InChI is InChI=1S/C23H28N2O5S/c1-16(26)25-11-4-5-17-13-20(7-8-22(17)25)31(27,28)24-12-10-18(15-24)21-14-19(29-2)6-9-23(21)30-3/h6-9,13-14,18H,4-5,10-12,15H2,1-3H3/t18-/m1/s1. The van der Waals surface area contributed by atoms with Crippen LogP contribution in [0.5, 0.6) is 11.5 Å². The highest BCUT2D eigenvalue weighted by atomic mass is 32.2. The van der Waals surface area contributed by atoms with E-state index in [9.17, 15) is 13.2 Å². The van der Waals surface area contributed by atoms with Crippen molar-refractivity contribution in [2.45, 2.75) is 37.0 Å². The third kappa shape index (κ3) is 4.02. The molecule has 4 rings (SSSR count). The third-order valence-electron chi connectivity index (χ3n) is 6.22. The molecule has 0 spiro atoms. The molecular formula is C23H28N2O5S. The van der Waals surface area contributed by atoms with Crippen LogP contribution in [-0.4, -0.2) is 52.5 Å². The Morgan fingerprint density at radius 2 is 1.87 bits per heavy atom. The molecule has 0 unspecified atom stereocenters. The second-order valence-corrected chi connectivity index (χ2v) is 9.96. The summed E-state index contributed by atoms with van der Waals surface area (Å²) < 4.78 is 39.1. The molecule has 2 aliphatic rings. The minimum Gasteiger partial charge on any atom is -0.497 e. The minimum absolute atomic E-state index is 0.0221. The van der Waals surface area contributed by atoms with Gasteiger partial charge in [0.25, 0.3) is 0 Å². The maximum Gasteiger partial charge on any atom is 0.243 e. The average Bonchev–Trinajstić information content (AvgIpc) is 3.28. The van der Waals surface area contributed by atoms with Gasteiger partial charge in [-0.25, -0.2) is 8.42 Å². The molecule has 2 aliphatic heterocycles. The summed E-state index contributed by atoms with van der Waals surface area (Å²) in [4.78, 5) is 13.9. The molecule has 7 nitrogen and oxygen atoms in total. The van der Waals surface area contributed by atoms with Crippen LogP contribution in [0, 0.1) is 0 Å². The molecule has 0 aliphatic carbocycles. The maximum absolute atomic E-state index is 13.4. The van der Waals surface area contributed by atoms with E-state index in [2.05, 4.69) is 0 Å². The Bertz CT molecular complexity index is 1100. The fourth-order valence-corrected chi connectivity index (χ4v) is 6.12. The van der Waals surface area contributed by atoms with Crippen molar-refractivity contribution in [3.8, 4) is 11.5 Å². The largest absolute Gasteiger partial charge is 0.497 e. The Morgan fingerprint density at radius 3 is 2.58 bits per heavy atom. The number of fused-ring (bicyclic) bond motifs is 1. The normalized spacial score (nSPS) is 19.2. The number of methoxy groups -OCH3 is 2. The molecule has 2 heterocycles. The lowest BCUT2D eigenvalue weighted by Gasteiger charge is -2.29. The summed E-state index contributed by atoms with van der Waals surface area (Å²) in [6, 6.07) is 10.7. The van der Waals surface area contributed by atoms with Crippen molar-refractivity contribution in [3.63, 3.8) is 0 Å². The van der Waals surface area contributed by atoms with Crippen LogP contribution in [0.15, 0.2) is 41.3 Å². The number of hydrogen-bond donors (Lipinski definition) is 0. The van der Waals surface area contributed by atoms with Gasteiger partial charge in [-0.15, -0.1) is 0 Å². The first-order valence-electron chi connectivity index (χ1n) is 10.5. The number of ether oxygens (including phenoxy) is 2. The zero-order valence-electron chi connectivity index (χ0n) is 18.1. The molecule has 1 saturated heterocycles. The van der Waals surface area contributed by atoms with Crippen LogP contribution in [0.2, 0.25) is 0 Å². The van der Waals surface area contributed by atoms with Gasteiger partial charge in [-0.2, -0.15) is 4.31 Å². The molecule has 1 amide bonds. The topological polar surface area (TPSA) is 76.2 Å². The van der Waals surface area contributed by atoms with Gasteiger partial charge in [0, 0.05) is 43.7 Å². The van der Waals surface area contributed by atoms with Crippen LogP contribution in [-0.2, 0) is 21.2 Å². The SMILES string of the molecule is COc1ccc(OC)c([C@@H]2CCN(S(=O)(=O)c3ccc4c(c3)CCCN4C(C)=O)C2)c1. The van der Waals surface area contributed by atoms with Crippen LogP contribution in [0.25, 0.3) is 0 Å². The summed E-state index contributed by atoms with van der Waals surface area (Å²) >= 11 is 0. The Labute approximate surface area is 183 Å². The number of hydrogen-bond acceptors (Lipinski definition) is 5. The molecule has 1 fully saturated rings. The van der Waals surface area contributed by atoms with Crippen molar-refractivity contribution in [1.82, 2.24) is 4.31 Å². The summed E-state index contributed by atoms with van der Waals surface area (Å²) in [5, 5.41) is 0. The van der Waals surface area contributed by atoms with Gasteiger partial charge in [-0.1, -0.05) is 0 Å². The molecule has 166 valence electrons. The highest BCUT2D eigenvalue weighted by Crippen LogP contribution is 2.38. The highest BCUT2D eigenvalue weighted by Gasteiger charge is 2.35. The van der Waals surface area contributed by atoms with Crippen molar-refractivity contribution in [1.29, 1.82) is 0 Å². The Morgan fingerprint density at radius 1 is 1.06 bits per heavy atom. The smallest absolute Gasteiger partial charge is 0.243 e. The summed E-state index contributed by atoms with van der Waals surface area (Å²) in [6.45, 7) is 3.05. The quantitative estimate of drug-likeness (QED) is 0.708. The molecule has 0 N–H and O–H groups in total. The molecule has 2 aromatic carbocycles. The summed E-state index contributed by atoms with van der Waals surface area (Å²) in [6.07, 6.45) is 2.31. The predicted molar refractivity (Wildman–Crippen MR) is 118 cm³/mol. The fraction of sp³-hybridized carbons (Fsp3) is 0.435. The van der Waals surface area contributed by atoms with Crippen LogP contribution < -0.4 is 14.4 Å². The zero-order chi connectivity index (χ0) is 22.2. The molecule has 2 aromatic rings. The lowest BCUT2D eigenvalue weighted by molar-refractivity contribution is -0.116. The van der Waals surface area contributed by atoms with Gasteiger partial charge < -0.3 is 14.4 Å². The van der Waals surface area contributed by atoms with Crippen molar-refractivity contribution >= 4 is 21.6 Å². The molecule has 0 aromatic heterocycles. The van der Waals surface area contributed by atoms with E-state index in [0.717, 1.165) is 41.2 Å². The van der Waals surface area contributed by atoms with E-state index >= 15 is 0 Å². The van der Waals surface area contributed by atoms with E-state index in [-0.39, 0.29) is 16.7 Å².